The maximum Gasteiger partial charge on any atom is 0.274 e. The van der Waals surface area contributed by atoms with Gasteiger partial charge in [-0.3, -0.25) is 4.79 Å². The summed E-state index contributed by atoms with van der Waals surface area (Å²) in [4.78, 5) is 20.7. The molecule has 1 amide bonds. The van der Waals surface area contributed by atoms with E-state index in [9.17, 15) is 4.79 Å². The largest absolute Gasteiger partial charge is 0.496 e. The Bertz CT molecular complexity index is 945. The van der Waals surface area contributed by atoms with Crippen LogP contribution < -0.4 is 20.1 Å². The van der Waals surface area contributed by atoms with Crippen molar-refractivity contribution >= 4 is 17.4 Å². The van der Waals surface area contributed by atoms with E-state index in [-0.39, 0.29) is 11.6 Å². The fraction of sp³-hybridized carbons (Fsp3) is 0.227. The predicted molar refractivity (Wildman–Crippen MR) is 113 cm³/mol. The zero-order valence-electron chi connectivity index (χ0n) is 16.5. The molecule has 2 N–H and O–H groups in total. The second-order valence-electron chi connectivity index (χ2n) is 6.19. The molecule has 0 aliphatic carbocycles. The van der Waals surface area contributed by atoms with Gasteiger partial charge in [-0.2, -0.15) is 0 Å². The number of para-hydroxylation sites is 1. The summed E-state index contributed by atoms with van der Waals surface area (Å²) in [6.45, 7) is 3.17. The highest BCUT2D eigenvalue weighted by molar-refractivity contribution is 6.03. The second kappa shape index (κ2) is 10.1. The quantitative estimate of drug-likeness (QED) is 0.576. The lowest BCUT2D eigenvalue weighted by Crippen LogP contribution is -2.15. The summed E-state index contributed by atoms with van der Waals surface area (Å²) in [5.41, 5.74) is 2.06. The first-order valence-electron chi connectivity index (χ1n) is 9.41. The smallest absolute Gasteiger partial charge is 0.274 e. The molecule has 0 spiro atoms. The van der Waals surface area contributed by atoms with Gasteiger partial charge in [0.1, 0.15) is 29.3 Å². The van der Waals surface area contributed by atoms with Gasteiger partial charge in [0.2, 0.25) is 0 Å². The first kappa shape index (κ1) is 20.1. The minimum atomic E-state index is -0.302. The Kier molecular flexibility index (Phi) is 7.00. The Balaban J connectivity index is 1.57. The van der Waals surface area contributed by atoms with Crippen molar-refractivity contribution in [1.82, 2.24) is 9.97 Å². The number of amides is 1. The van der Waals surface area contributed by atoms with E-state index in [2.05, 4.69) is 20.6 Å². The van der Waals surface area contributed by atoms with Crippen LogP contribution in [-0.4, -0.2) is 36.1 Å². The van der Waals surface area contributed by atoms with Crippen LogP contribution in [0.5, 0.6) is 11.5 Å². The zero-order valence-corrected chi connectivity index (χ0v) is 16.5. The molecule has 7 nitrogen and oxygen atoms in total. The molecule has 0 aliphatic heterocycles. The number of methoxy groups -OCH3 is 1. The number of carbonyl (C=O) groups is 1. The van der Waals surface area contributed by atoms with E-state index in [1.54, 1.807) is 25.3 Å². The first-order chi connectivity index (χ1) is 14.2. The third-order valence-corrected chi connectivity index (χ3v) is 4.22. The molecule has 3 aromatic rings. The van der Waals surface area contributed by atoms with Crippen LogP contribution in [0.2, 0.25) is 0 Å². The average molecular weight is 392 g/mol. The van der Waals surface area contributed by atoms with Crippen molar-refractivity contribution in [2.45, 2.75) is 13.3 Å². The molecule has 2 aromatic carbocycles. The summed E-state index contributed by atoms with van der Waals surface area (Å²) < 4.78 is 10.8. The van der Waals surface area contributed by atoms with Gasteiger partial charge in [-0.25, -0.2) is 9.97 Å². The van der Waals surface area contributed by atoms with Crippen molar-refractivity contribution in [1.29, 1.82) is 0 Å². The van der Waals surface area contributed by atoms with Crippen LogP contribution in [0.4, 0.5) is 11.5 Å². The number of benzene rings is 2. The van der Waals surface area contributed by atoms with E-state index >= 15 is 0 Å². The lowest BCUT2D eigenvalue weighted by Gasteiger charge is -2.10. The number of carbonyl (C=O) groups excluding carboxylic acids is 1. The number of aromatic nitrogens is 2. The summed E-state index contributed by atoms with van der Waals surface area (Å²) in [6.07, 6.45) is 2.14. The number of ether oxygens (including phenoxy) is 2. The van der Waals surface area contributed by atoms with Crippen molar-refractivity contribution in [3.63, 3.8) is 0 Å². The molecule has 0 unspecified atom stereocenters. The highest BCUT2D eigenvalue weighted by atomic mass is 16.5. The minimum Gasteiger partial charge on any atom is -0.496 e. The highest BCUT2D eigenvalue weighted by Crippen LogP contribution is 2.18. The maximum absolute atomic E-state index is 12.5. The molecule has 29 heavy (non-hydrogen) atoms. The third-order valence-electron chi connectivity index (χ3n) is 4.22. The number of anilines is 2. The summed E-state index contributed by atoms with van der Waals surface area (Å²) in [5, 5.41) is 6.04. The van der Waals surface area contributed by atoms with Crippen LogP contribution in [0.15, 0.2) is 60.9 Å². The van der Waals surface area contributed by atoms with E-state index in [0.29, 0.717) is 24.7 Å². The van der Waals surface area contributed by atoms with E-state index < -0.39 is 0 Å². The molecule has 0 saturated heterocycles. The van der Waals surface area contributed by atoms with Crippen molar-refractivity contribution in [2.24, 2.45) is 0 Å². The van der Waals surface area contributed by atoms with E-state index in [4.69, 9.17) is 9.47 Å². The van der Waals surface area contributed by atoms with E-state index in [0.717, 1.165) is 23.5 Å². The van der Waals surface area contributed by atoms with Gasteiger partial charge in [0.05, 0.1) is 13.7 Å². The minimum absolute atomic E-state index is 0.286. The van der Waals surface area contributed by atoms with Crippen LogP contribution in [0, 0.1) is 0 Å². The van der Waals surface area contributed by atoms with E-state index in [1.165, 1.54) is 6.33 Å². The molecule has 0 atom stereocenters. The fourth-order valence-corrected chi connectivity index (χ4v) is 2.81. The average Bonchev–Trinajstić information content (AvgIpc) is 2.76. The summed E-state index contributed by atoms with van der Waals surface area (Å²) in [7, 11) is 1.66. The molecule has 7 heteroatoms. The van der Waals surface area contributed by atoms with Gasteiger partial charge in [0, 0.05) is 18.3 Å². The predicted octanol–water partition coefficient (Wildman–Crippen LogP) is 3.79. The molecule has 1 heterocycles. The summed E-state index contributed by atoms with van der Waals surface area (Å²) in [6, 6.07) is 16.7. The van der Waals surface area contributed by atoms with Gasteiger partial charge in [-0.15, -0.1) is 0 Å². The number of nitrogens with one attached hydrogen (secondary N) is 2. The number of hydrogen-bond acceptors (Lipinski definition) is 6. The number of hydrogen-bond donors (Lipinski definition) is 2. The summed E-state index contributed by atoms with van der Waals surface area (Å²) in [5.74, 6) is 1.90. The van der Waals surface area contributed by atoms with Gasteiger partial charge in [-0.1, -0.05) is 18.2 Å². The highest BCUT2D eigenvalue weighted by Gasteiger charge is 2.10. The SMILES string of the molecule is CCOc1ccc(NC(=O)c2cc(NCCc3ccccc3OC)ncn2)cc1. The van der Waals surface area contributed by atoms with Gasteiger partial charge in [0.15, 0.2) is 0 Å². The molecule has 1 aromatic heterocycles. The normalized spacial score (nSPS) is 10.3. The standard InChI is InChI=1S/C22H24N4O3/c1-3-29-18-10-8-17(9-11-18)26-22(27)19-14-21(25-15-24-19)23-13-12-16-6-4-5-7-20(16)28-2/h4-11,14-15H,3,12-13H2,1-2H3,(H,26,27)(H,23,24,25). The molecule has 0 fully saturated rings. The van der Waals surface area contributed by atoms with Crippen molar-refractivity contribution in [3.8, 4) is 11.5 Å². The van der Waals surface area contributed by atoms with Crippen LogP contribution >= 0.6 is 0 Å². The van der Waals surface area contributed by atoms with Crippen molar-refractivity contribution in [2.75, 3.05) is 30.9 Å². The molecular formula is C22H24N4O3. The molecule has 3 rings (SSSR count). The van der Waals surface area contributed by atoms with Crippen LogP contribution in [-0.2, 0) is 6.42 Å². The van der Waals surface area contributed by atoms with Gasteiger partial charge < -0.3 is 20.1 Å². The maximum atomic E-state index is 12.5. The van der Waals surface area contributed by atoms with Gasteiger partial charge in [0.25, 0.3) is 5.91 Å². The van der Waals surface area contributed by atoms with Crippen LogP contribution in [0.25, 0.3) is 0 Å². The summed E-state index contributed by atoms with van der Waals surface area (Å²) >= 11 is 0. The van der Waals surface area contributed by atoms with Crippen molar-refractivity contribution in [3.05, 3.63) is 72.2 Å². The Morgan fingerprint density at radius 1 is 1.07 bits per heavy atom. The Morgan fingerprint density at radius 2 is 1.86 bits per heavy atom. The Morgan fingerprint density at radius 3 is 2.62 bits per heavy atom. The van der Waals surface area contributed by atoms with Crippen molar-refractivity contribution < 1.29 is 14.3 Å². The van der Waals surface area contributed by atoms with Gasteiger partial charge >= 0.3 is 0 Å². The topological polar surface area (TPSA) is 85.4 Å². The molecule has 0 radical (unpaired) electrons. The van der Waals surface area contributed by atoms with Crippen LogP contribution in [0.3, 0.4) is 0 Å². The molecule has 0 bridgehead atoms. The van der Waals surface area contributed by atoms with Crippen LogP contribution in [0.1, 0.15) is 23.0 Å². The number of nitrogens with zero attached hydrogens (tertiary/aromatic N) is 2. The lowest BCUT2D eigenvalue weighted by molar-refractivity contribution is 0.102. The Hall–Kier alpha value is -3.61. The molecule has 0 saturated carbocycles. The number of rotatable bonds is 9. The molecule has 150 valence electrons. The second-order valence-corrected chi connectivity index (χ2v) is 6.19. The zero-order chi connectivity index (χ0) is 20.5. The Labute approximate surface area is 170 Å². The first-order valence-corrected chi connectivity index (χ1v) is 9.41. The van der Waals surface area contributed by atoms with Gasteiger partial charge in [-0.05, 0) is 49.2 Å². The lowest BCUT2D eigenvalue weighted by atomic mass is 10.1. The molecular weight excluding hydrogens is 368 g/mol. The fourth-order valence-electron chi connectivity index (χ4n) is 2.81. The van der Waals surface area contributed by atoms with E-state index in [1.807, 2.05) is 43.3 Å². The monoisotopic (exact) mass is 392 g/mol. The third kappa shape index (κ3) is 5.68. The molecule has 0 aliphatic rings.